The third-order valence-electron chi connectivity index (χ3n) is 9.47. The Balaban J connectivity index is 0.000000270. The smallest absolute Gasteiger partial charge is 0.410 e. The highest BCUT2D eigenvalue weighted by Gasteiger charge is 2.32. The molecule has 1 unspecified atom stereocenters. The molecule has 2 saturated heterocycles. The minimum absolute atomic E-state index is 0.00493. The quantitative estimate of drug-likeness (QED) is 0.272. The maximum absolute atomic E-state index is 15.3. The highest BCUT2D eigenvalue weighted by molar-refractivity contribution is 6.00. The van der Waals surface area contributed by atoms with Crippen LogP contribution in [0.5, 0.6) is 0 Å². The number of nitrogens with zero attached hydrogens (tertiary/aromatic N) is 5. The van der Waals surface area contributed by atoms with Crippen molar-refractivity contribution in [3.63, 3.8) is 0 Å². The zero-order chi connectivity index (χ0) is 35.4. The predicted octanol–water partition coefficient (Wildman–Crippen LogP) is 4.41. The minimum Gasteiger partial charge on any atom is -0.444 e. The first-order valence-corrected chi connectivity index (χ1v) is 17.6. The summed E-state index contributed by atoms with van der Waals surface area (Å²) in [6, 6.07) is 2.86. The van der Waals surface area contributed by atoms with Crippen molar-refractivity contribution in [3.05, 3.63) is 29.1 Å². The van der Waals surface area contributed by atoms with E-state index in [1.165, 1.54) is 37.0 Å². The lowest BCUT2D eigenvalue weighted by Gasteiger charge is -2.35. The van der Waals surface area contributed by atoms with E-state index < -0.39 is 17.6 Å². The molecular formula is C36H59FN6O5. The first kappa shape index (κ1) is 39.2. The molecule has 1 aliphatic carbocycles. The number of hydrogen-bond acceptors (Lipinski definition) is 8. The van der Waals surface area contributed by atoms with Gasteiger partial charge >= 0.3 is 6.09 Å². The third-order valence-corrected chi connectivity index (χ3v) is 9.47. The Morgan fingerprint density at radius 2 is 1.73 bits per heavy atom. The molecule has 2 aliphatic heterocycles. The molecule has 0 spiro atoms. The molecule has 1 N–H and O–H groups in total. The Kier molecular flexibility index (Phi) is 15.1. The molecule has 1 aromatic rings. The number of hydrogen-bond donors (Lipinski definition) is 1. The van der Waals surface area contributed by atoms with E-state index in [0.717, 1.165) is 57.3 Å². The van der Waals surface area contributed by atoms with Gasteiger partial charge in [-0.15, -0.1) is 0 Å². The average molecular weight is 675 g/mol. The summed E-state index contributed by atoms with van der Waals surface area (Å²) < 4.78 is 20.7. The fourth-order valence-electron chi connectivity index (χ4n) is 6.49. The van der Waals surface area contributed by atoms with E-state index in [4.69, 9.17) is 4.74 Å². The molecule has 1 atom stereocenters. The number of piperidine rings is 1. The van der Waals surface area contributed by atoms with Crippen molar-refractivity contribution in [2.24, 2.45) is 5.92 Å². The Bertz CT molecular complexity index is 1230. The molecule has 1 saturated carbocycles. The summed E-state index contributed by atoms with van der Waals surface area (Å²) in [6.07, 6.45) is 7.70. The van der Waals surface area contributed by atoms with Gasteiger partial charge in [0.15, 0.2) is 5.82 Å². The standard InChI is InChI=1S/C19H25FN4O3.C17H34N2O2/c1-13-3-4-15(23-9-7-22(2)8-10-23)18(20)14(13)11-24(12-25)16-5-6-17(26)21-19(16)27;1-6-19(16(20)21-17(2,3)4)13-12-18(5)14-15-10-8-7-9-11-15/h3-4,12,16H,5-11H2,1-2H3,(H,21,26,27);15H,6-14H2,1-5H3. The van der Waals surface area contributed by atoms with Crippen LogP contribution in [0.25, 0.3) is 0 Å². The normalized spacial score (nSPS) is 19.4. The molecule has 4 rings (SSSR count). The zero-order valence-corrected chi connectivity index (χ0v) is 30.4. The second-order valence-electron chi connectivity index (χ2n) is 14.6. The van der Waals surface area contributed by atoms with Gasteiger partial charge in [0.2, 0.25) is 18.2 Å². The second-order valence-corrected chi connectivity index (χ2v) is 14.6. The molecule has 1 aromatic carbocycles. The molecule has 2 heterocycles. The van der Waals surface area contributed by atoms with Crippen LogP contribution in [0.1, 0.15) is 83.8 Å². The number of nitrogens with one attached hydrogen (secondary N) is 1. The van der Waals surface area contributed by atoms with Crippen LogP contribution in [0, 0.1) is 18.7 Å². The number of ether oxygens (including phenoxy) is 1. The summed E-state index contributed by atoms with van der Waals surface area (Å²) in [6.45, 7) is 16.2. The number of halogens is 1. The number of piperazine rings is 1. The number of anilines is 1. The van der Waals surface area contributed by atoms with Crippen LogP contribution in [0.2, 0.25) is 0 Å². The van der Waals surface area contributed by atoms with Crippen molar-refractivity contribution in [2.45, 2.75) is 97.8 Å². The molecule has 3 fully saturated rings. The monoisotopic (exact) mass is 674 g/mol. The van der Waals surface area contributed by atoms with Gasteiger partial charge in [0.05, 0.1) is 5.69 Å². The average Bonchev–Trinajstić information content (AvgIpc) is 3.02. The lowest BCUT2D eigenvalue weighted by Crippen LogP contribution is -2.52. The third kappa shape index (κ3) is 12.0. The SMILES string of the molecule is CCN(CCN(C)CC1CCCCC1)C(=O)OC(C)(C)C.Cc1ccc(N2CCN(C)CC2)c(F)c1CN(C=O)C1CCC(=O)NC1=O. The summed E-state index contributed by atoms with van der Waals surface area (Å²) in [4.78, 5) is 56.7. The van der Waals surface area contributed by atoms with Crippen LogP contribution in [0.3, 0.4) is 0 Å². The van der Waals surface area contributed by atoms with Crippen LogP contribution in [-0.4, -0.2) is 122 Å². The van der Waals surface area contributed by atoms with Gasteiger partial charge in [-0.25, -0.2) is 9.18 Å². The van der Waals surface area contributed by atoms with Gasteiger partial charge in [0, 0.05) is 70.9 Å². The van der Waals surface area contributed by atoms with Crippen molar-refractivity contribution in [1.82, 2.24) is 24.9 Å². The first-order chi connectivity index (χ1) is 22.7. The van der Waals surface area contributed by atoms with Crippen LogP contribution in [-0.2, 0) is 25.7 Å². The molecule has 0 bridgehead atoms. The molecule has 48 heavy (non-hydrogen) atoms. The van der Waals surface area contributed by atoms with E-state index in [0.29, 0.717) is 24.2 Å². The Morgan fingerprint density at radius 1 is 1.06 bits per heavy atom. The van der Waals surface area contributed by atoms with Gasteiger partial charge in [-0.2, -0.15) is 0 Å². The Hall–Kier alpha value is -3.25. The first-order valence-electron chi connectivity index (χ1n) is 17.6. The maximum atomic E-state index is 15.3. The van der Waals surface area contributed by atoms with Gasteiger partial charge in [-0.3, -0.25) is 19.7 Å². The van der Waals surface area contributed by atoms with Crippen molar-refractivity contribution >= 4 is 30.0 Å². The van der Waals surface area contributed by atoms with Crippen molar-refractivity contribution in [1.29, 1.82) is 0 Å². The number of aryl methyl sites for hydroxylation is 1. The number of amides is 4. The Labute approximate surface area is 287 Å². The fourth-order valence-corrected chi connectivity index (χ4v) is 6.49. The lowest BCUT2D eigenvalue weighted by atomic mass is 9.89. The molecule has 12 heteroatoms. The lowest BCUT2D eigenvalue weighted by molar-refractivity contribution is -0.141. The summed E-state index contributed by atoms with van der Waals surface area (Å²) in [5.41, 5.74) is 1.24. The van der Waals surface area contributed by atoms with Crippen LogP contribution >= 0.6 is 0 Å². The summed E-state index contributed by atoms with van der Waals surface area (Å²) in [5.74, 6) is -0.354. The van der Waals surface area contributed by atoms with Crippen molar-refractivity contribution in [3.8, 4) is 0 Å². The molecular weight excluding hydrogens is 615 g/mol. The molecule has 3 aliphatic rings. The van der Waals surface area contributed by atoms with E-state index in [1.54, 1.807) is 17.9 Å². The number of benzene rings is 1. The number of rotatable bonds is 11. The van der Waals surface area contributed by atoms with Gasteiger partial charge in [0.25, 0.3) is 0 Å². The number of imide groups is 1. The van der Waals surface area contributed by atoms with Crippen molar-refractivity contribution < 1.29 is 28.3 Å². The zero-order valence-electron chi connectivity index (χ0n) is 30.4. The van der Waals surface area contributed by atoms with Crippen LogP contribution in [0.15, 0.2) is 12.1 Å². The summed E-state index contributed by atoms with van der Waals surface area (Å²) in [7, 11) is 4.20. The van der Waals surface area contributed by atoms with Gasteiger partial charge in [-0.1, -0.05) is 25.3 Å². The fraction of sp³-hybridized carbons (Fsp3) is 0.722. The molecule has 11 nitrogen and oxygen atoms in total. The molecule has 4 amide bonds. The van der Waals surface area contributed by atoms with Gasteiger partial charge in [-0.05, 0) is 85.5 Å². The number of carbonyl (C=O) groups is 4. The van der Waals surface area contributed by atoms with E-state index >= 15 is 4.39 Å². The second kappa shape index (κ2) is 18.5. The molecule has 270 valence electrons. The topological polar surface area (TPSA) is 106 Å². The minimum atomic E-state index is -0.758. The predicted molar refractivity (Wildman–Crippen MR) is 186 cm³/mol. The van der Waals surface area contributed by atoms with E-state index in [-0.39, 0.29) is 37.2 Å². The van der Waals surface area contributed by atoms with E-state index in [2.05, 4.69) is 22.2 Å². The van der Waals surface area contributed by atoms with Crippen molar-refractivity contribution in [2.75, 3.05) is 71.4 Å². The Morgan fingerprint density at radius 3 is 2.31 bits per heavy atom. The summed E-state index contributed by atoms with van der Waals surface area (Å²) in [5, 5.41) is 2.24. The number of likely N-dealkylation sites (N-methyl/N-ethyl adjacent to an activating group) is 3. The largest absolute Gasteiger partial charge is 0.444 e. The van der Waals surface area contributed by atoms with E-state index in [9.17, 15) is 19.2 Å². The van der Waals surface area contributed by atoms with E-state index in [1.807, 2.05) is 45.7 Å². The number of carbonyl (C=O) groups excluding carboxylic acids is 4. The van der Waals surface area contributed by atoms with Gasteiger partial charge < -0.3 is 29.2 Å². The van der Waals surface area contributed by atoms with Gasteiger partial charge in [0.1, 0.15) is 11.6 Å². The van der Waals surface area contributed by atoms with Crippen LogP contribution in [0.4, 0.5) is 14.9 Å². The van der Waals surface area contributed by atoms with Crippen LogP contribution < -0.4 is 10.2 Å². The maximum Gasteiger partial charge on any atom is 0.410 e. The highest BCUT2D eigenvalue weighted by atomic mass is 19.1. The molecule has 0 radical (unpaired) electrons. The summed E-state index contributed by atoms with van der Waals surface area (Å²) >= 11 is 0. The molecule has 0 aromatic heterocycles. The highest BCUT2D eigenvalue weighted by Crippen LogP contribution is 2.28.